The maximum absolute atomic E-state index is 13.9. The van der Waals surface area contributed by atoms with E-state index in [1.54, 1.807) is 31.1 Å². The molecule has 200 valence electrons. The number of ether oxygens (including phenoxy) is 4. The molecule has 1 saturated carbocycles. The predicted octanol–water partition coefficient (Wildman–Crippen LogP) is 4.40. The number of amides is 2. The topological polar surface area (TPSA) is 77.5 Å². The zero-order valence-corrected chi connectivity index (χ0v) is 22.5. The molecule has 8 nitrogen and oxygen atoms in total. The molecule has 1 aliphatic carbocycles. The summed E-state index contributed by atoms with van der Waals surface area (Å²) >= 11 is 0. The lowest BCUT2D eigenvalue weighted by Gasteiger charge is -2.43. The summed E-state index contributed by atoms with van der Waals surface area (Å²) in [4.78, 5) is 31.0. The van der Waals surface area contributed by atoms with Crippen molar-refractivity contribution in [3.05, 3.63) is 47.5 Å². The van der Waals surface area contributed by atoms with Crippen LogP contribution in [-0.4, -0.2) is 68.2 Å². The van der Waals surface area contributed by atoms with E-state index in [2.05, 4.69) is 0 Å². The first kappa shape index (κ1) is 26.6. The Morgan fingerprint density at radius 2 is 1.51 bits per heavy atom. The molecule has 0 N–H and O–H groups in total. The largest absolute Gasteiger partial charge is 0.493 e. The summed E-state index contributed by atoms with van der Waals surface area (Å²) < 4.78 is 22.3. The number of piperazine rings is 1. The van der Waals surface area contributed by atoms with Crippen molar-refractivity contribution < 1.29 is 28.5 Å². The highest BCUT2D eigenvalue weighted by atomic mass is 16.5. The molecule has 2 fully saturated rings. The normalized spacial score (nSPS) is 18.5. The van der Waals surface area contributed by atoms with Gasteiger partial charge in [0.25, 0.3) is 5.91 Å². The molecule has 2 aromatic carbocycles. The van der Waals surface area contributed by atoms with Crippen LogP contribution in [0.4, 0.5) is 0 Å². The highest BCUT2D eigenvalue weighted by Gasteiger charge is 2.43. The van der Waals surface area contributed by atoms with Crippen LogP contribution in [0.2, 0.25) is 0 Å². The second kappa shape index (κ2) is 11.8. The number of benzene rings is 2. The lowest BCUT2D eigenvalue weighted by atomic mass is 9.98. The van der Waals surface area contributed by atoms with Crippen LogP contribution in [0.1, 0.15) is 56.7 Å². The third kappa shape index (κ3) is 5.78. The molecule has 0 spiro atoms. The number of carbonyl (C=O) groups is 2. The van der Waals surface area contributed by atoms with Gasteiger partial charge in [-0.05, 0) is 68.5 Å². The molecule has 4 rings (SSSR count). The number of methoxy groups -OCH3 is 3. The molecule has 2 aliphatic rings. The minimum Gasteiger partial charge on any atom is -0.493 e. The van der Waals surface area contributed by atoms with Gasteiger partial charge in [-0.3, -0.25) is 9.59 Å². The van der Waals surface area contributed by atoms with Crippen LogP contribution < -0.4 is 18.9 Å². The molecule has 1 aliphatic heterocycles. The molecule has 8 heteroatoms. The van der Waals surface area contributed by atoms with Gasteiger partial charge in [-0.1, -0.05) is 25.0 Å². The zero-order valence-electron chi connectivity index (χ0n) is 22.5. The Balaban J connectivity index is 1.65. The van der Waals surface area contributed by atoms with E-state index in [-0.39, 0.29) is 30.5 Å². The number of rotatable bonds is 10. The average molecular weight is 511 g/mol. The van der Waals surface area contributed by atoms with E-state index in [0.717, 1.165) is 36.8 Å². The van der Waals surface area contributed by atoms with Crippen LogP contribution in [-0.2, 0) is 16.0 Å². The van der Waals surface area contributed by atoms with E-state index in [0.29, 0.717) is 36.0 Å². The molecular weight excluding hydrogens is 472 g/mol. The van der Waals surface area contributed by atoms with Crippen LogP contribution >= 0.6 is 0 Å². The van der Waals surface area contributed by atoms with Gasteiger partial charge in [-0.2, -0.15) is 0 Å². The van der Waals surface area contributed by atoms with Crippen molar-refractivity contribution in [1.82, 2.24) is 9.80 Å². The van der Waals surface area contributed by atoms with Crippen LogP contribution in [0, 0.1) is 0 Å². The maximum atomic E-state index is 13.9. The highest BCUT2D eigenvalue weighted by Crippen LogP contribution is 2.37. The average Bonchev–Trinajstić information content (AvgIpc) is 3.43. The molecular formula is C29H38N2O6. The lowest BCUT2D eigenvalue weighted by Crippen LogP contribution is -2.58. The Kier molecular flexibility index (Phi) is 8.46. The smallest absolute Gasteiger partial charge is 0.250 e. The van der Waals surface area contributed by atoms with Gasteiger partial charge in [0.15, 0.2) is 23.0 Å². The molecule has 2 aromatic rings. The van der Waals surface area contributed by atoms with Gasteiger partial charge >= 0.3 is 0 Å². The van der Waals surface area contributed by atoms with Crippen LogP contribution in [0.25, 0.3) is 0 Å². The fourth-order valence-corrected chi connectivity index (χ4v) is 5.34. The molecule has 2 amide bonds. The zero-order chi connectivity index (χ0) is 26.5. The predicted molar refractivity (Wildman–Crippen MR) is 140 cm³/mol. The molecule has 0 radical (unpaired) electrons. The summed E-state index contributed by atoms with van der Waals surface area (Å²) in [6.45, 7) is 4.42. The Hall–Kier alpha value is -3.42. The van der Waals surface area contributed by atoms with Crippen molar-refractivity contribution in [2.24, 2.45) is 0 Å². The van der Waals surface area contributed by atoms with E-state index in [1.165, 1.54) is 0 Å². The first-order valence-corrected chi connectivity index (χ1v) is 13.0. The minimum absolute atomic E-state index is 0.0199. The van der Waals surface area contributed by atoms with Crippen LogP contribution in [0.5, 0.6) is 23.0 Å². The van der Waals surface area contributed by atoms with Crippen molar-refractivity contribution in [2.75, 3.05) is 34.4 Å². The van der Waals surface area contributed by atoms with E-state index in [1.807, 2.05) is 50.2 Å². The first-order chi connectivity index (χ1) is 17.9. The number of hydrogen-bond acceptors (Lipinski definition) is 6. The Morgan fingerprint density at radius 3 is 2.16 bits per heavy atom. The van der Waals surface area contributed by atoms with Crippen molar-refractivity contribution in [2.45, 2.75) is 64.1 Å². The van der Waals surface area contributed by atoms with E-state index in [9.17, 15) is 9.59 Å². The third-order valence-corrected chi connectivity index (χ3v) is 7.18. The van der Waals surface area contributed by atoms with Gasteiger partial charge < -0.3 is 28.7 Å². The van der Waals surface area contributed by atoms with Gasteiger partial charge in [-0.25, -0.2) is 0 Å². The summed E-state index contributed by atoms with van der Waals surface area (Å²) in [5.41, 5.74) is 1.72. The molecule has 1 atom stereocenters. The Bertz CT molecular complexity index is 1110. The van der Waals surface area contributed by atoms with Crippen molar-refractivity contribution >= 4 is 11.8 Å². The van der Waals surface area contributed by atoms with Gasteiger partial charge in [0.1, 0.15) is 12.6 Å². The fourth-order valence-electron chi connectivity index (χ4n) is 5.34. The van der Waals surface area contributed by atoms with Crippen molar-refractivity contribution in [1.29, 1.82) is 0 Å². The summed E-state index contributed by atoms with van der Waals surface area (Å²) in [6.07, 6.45) is 4.62. The van der Waals surface area contributed by atoms with Crippen molar-refractivity contribution in [3.63, 3.8) is 0 Å². The first-order valence-electron chi connectivity index (χ1n) is 13.0. The Labute approximate surface area is 219 Å². The summed E-state index contributed by atoms with van der Waals surface area (Å²) in [6, 6.07) is 10.7. The van der Waals surface area contributed by atoms with Gasteiger partial charge in [-0.15, -0.1) is 0 Å². The summed E-state index contributed by atoms with van der Waals surface area (Å²) in [5.74, 6) is 2.37. The Morgan fingerprint density at radius 1 is 0.865 bits per heavy atom. The van der Waals surface area contributed by atoms with E-state index in [4.69, 9.17) is 18.9 Å². The van der Waals surface area contributed by atoms with E-state index < -0.39 is 6.04 Å². The van der Waals surface area contributed by atoms with E-state index >= 15 is 0 Å². The van der Waals surface area contributed by atoms with Crippen molar-refractivity contribution in [3.8, 4) is 23.0 Å². The minimum atomic E-state index is -0.719. The highest BCUT2D eigenvalue weighted by molar-refractivity contribution is 5.96. The SMILES string of the molecule is COc1ccc(CCN2C(=O)CN(C3CCCC3)C(=O)C2c2ccc(OC(C)C)c(OC)c2)cc1OC. The standard InChI is InChI=1S/C29H38N2O6/c1-19(2)37-24-13-11-21(17-26(24)36-5)28-29(33)31(22-8-6-7-9-22)18-27(32)30(28)15-14-20-10-12-23(34-3)25(16-20)35-4/h10-13,16-17,19,22,28H,6-9,14-15,18H2,1-5H3. The quantitative estimate of drug-likeness (QED) is 0.472. The van der Waals surface area contributed by atoms with Gasteiger partial charge in [0.05, 0.1) is 27.4 Å². The summed E-state index contributed by atoms with van der Waals surface area (Å²) in [5, 5.41) is 0. The molecule has 0 aromatic heterocycles. The second-order valence-corrected chi connectivity index (χ2v) is 9.91. The fraction of sp³-hybridized carbons (Fsp3) is 0.517. The summed E-state index contributed by atoms with van der Waals surface area (Å²) in [7, 11) is 4.78. The molecule has 1 heterocycles. The second-order valence-electron chi connectivity index (χ2n) is 9.91. The molecule has 37 heavy (non-hydrogen) atoms. The van der Waals surface area contributed by atoms with Gasteiger partial charge in [0, 0.05) is 12.6 Å². The monoisotopic (exact) mass is 510 g/mol. The lowest BCUT2D eigenvalue weighted by molar-refractivity contribution is -0.158. The molecule has 1 unspecified atom stereocenters. The number of carbonyl (C=O) groups excluding carboxylic acids is 2. The maximum Gasteiger partial charge on any atom is 0.250 e. The number of hydrogen-bond donors (Lipinski definition) is 0. The number of nitrogens with zero attached hydrogens (tertiary/aromatic N) is 2. The van der Waals surface area contributed by atoms with Gasteiger partial charge in [0.2, 0.25) is 5.91 Å². The molecule has 1 saturated heterocycles. The third-order valence-electron chi connectivity index (χ3n) is 7.18. The van der Waals surface area contributed by atoms with Crippen LogP contribution in [0.3, 0.4) is 0 Å². The molecule has 0 bridgehead atoms. The van der Waals surface area contributed by atoms with Crippen LogP contribution in [0.15, 0.2) is 36.4 Å².